The summed E-state index contributed by atoms with van der Waals surface area (Å²) in [6, 6.07) is 0. The topological polar surface area (TPSA) is 65.9 Å². The number of carboxylic acids is 1. The Morgan fingerprint density at radius 3 is 3.00 bits per heavy atom. The normalized spacial score (nSPS) is 10.0. The van der Waals surface area contributed by atoms with Crippen LogP contribution in [0.15, 0.2) is 11.4 Å². The van der Waals surface area contributed by atoms with Crippen LogP contribution >= 0.6 is 23.4 Å². The first-order valence-corrected chi connectivity index (χ1v) is 4.88. The molecule has 13 heavy (non-hydrogen) atoms. The van der Waals surface area contributed by atoms with Gasteiger partial charge in [-0.05, 0) is 5.75 Å². The number of nitrogens with zero attached hydrogens (tertiary/aromatic N) is 2. The first-order valence-electron chi connectivity index (χ1n) is 3.51. The quantitative estimate of drug-likeness (QED) is 0.548. The fourth-order valence-corrected chi connectivity index (χ4v) is 1.40. The average Bonchev–Trinajstić information content (AvgIpc) is 2.08. The molecule has 0 aromatic carbocycles. The molecule has 0 atom stereocenters. The van der Waals surface area contributed by atoms with Crippen LogP contribution in [0.1, 0.15) is 17.4 Å². The molecule has 0 aliphatic rings. The second kappa shape index (κ2) is 4.43. The van der Waals surface area contributed by atoms with E-state index in [1.807, 2.05) is 6.92 Å². The summed E-state index contributed by atoms with van der Waals surface area (Å²) in [6.45, 7) is 1.92. The summed E-state index contributed by atoms with van der Waals surface area (Å²) in [5, 5.41) is 10.9. The third kappa shape index (κ3) is 2.57. The summed E-state index contributed by atoms with van der Waals surface area (Å²) in [5.74, 6) is -0.612. The molecule has 1 aromatic rings. The zero-order valence-electron chi connectivity index (χ0n) is 6.78. The van der Waals surface area contributed by atoms with E-state index in [9.17, 15) is 9.90 Å². The van der Waals surface area contributed by atoms with E-state index < -0.39 is 5.97 Å². The van der Waals surface area contributed by atoms with Crippen LogP contribution in [0.25, 0.3) is 0 Å². The zero-order chi connectivity index (χ0) is 9.84. The number of aromatic carboxylic acids is 1. The maximum atomic E-state index is 10.5. The molecule has 0 aliphatic heterocycles. The number of aromatic nitrogens is 2. The Labute approximate surface area is 84.3 Å². The summed E-state index contributed by atoms with van der Waals surface area (Å²) >= 11 is 6.88. The van der Waals surface area contributed by atoms with Gasteiger partial charge in [0.05, 0.1) is 17.2 Å². The summed E-state index contributed by atoms with van der Waals surface area (Å²) in [5.41, 5.74) is -0.257. The van der Waals surface area contributed by atoms with Crippen molar-refractivity contribution < 1.29 is 9.90 Å². The summed E-state index contributed by atoms with van der Waals surface area (Å²) in [6.07, 6.45) is 1.26. The van der Waals surface area contributed by atoms with Crippen molar-refractivity contribution >= 4 is 29.3 Å². The van der Waals surface area contributed by atoms with Crippen molar-refractivity contribution in [3.05, 3.63) is 16.9 Å². The number of rotatable bonds is 3. The summed E-state index contributed by atoms with van der Waals surface area (Å²) in [4.78, 5) is 18.0. The smallest absolute Gasteiger partial charge is 0.188 e. The van der Waals surface area contributed by atoms with Gasteiger partial charge in [-0.25, -0.2) is 9.97 Å². The van der Waals surface area contributed by atoms with Gasteiger partial charge in [0.25, 0.3) is 0 Å². The largest absolute Gasteiger partial charge is 0.543 e. The van der Waals surface area contributed by atoms with Crippen LogP contribution in [0.4, 0.5) is 0 Å². The minimum Gasteiger partial charge on any atom is -0.543 e. The number of hydrogen-bond donors (Lipinski definition) is 0. The molecule has 0 N–H and O–H groups in total. The van der Waals surface area contributed by atoms with Gasteiger partial charge >= 0.3 is 0 Å². The number of halogens is 1. The van der Waals surface area contributed by atoms with Gasteiger partial charge in [0.1, 0.15) is 5.69 Å². The van der Waals surface area contributed by atoms with Crippen molar-refractivity contribution in [2.75, 3.05) is 5.75 Å². The minimum absolute atomic E-state index is 0.000420. The lowest BCUT2D eigenvalue weighted by atomic mass is 10.4. The van der Waals surface area contributed by atoms with Crippen molar-refractivity contribution in [3.63, 3.8) is 0 Å². The lowest BCUT2D eigenvalue weighted by Gasteiger charge is -2.04. The maximum Gasteiger partial charge on any atom is 0.188 e. The van der Waals surface area contributed by atoms with Gasteiger partial charge in [-0.15, -0.1) is 0 Å². The maximum absolute atomic E-state index is 10.5. The average molecular weight is 218 g/mol. The molecule has 0 saturated carbocycles. The SMILES string of the molecule is CCSc1ncc(Cl)c(C(=O)[O-])n1. The Balaban J connectivity index is 3.04. The van der Waals surface area contributed by atoms with Gasteiger partial charge in [0.15, 0.2) is 5.16 Å². The predicted molar refractivity (Wildman–Crippen MR) is 47.8 cm³/mol. The van der Waals surface area contributed by atoms with Gasteiger partial charge in [-0.3, -0.25) is 0 Å². The molecule has 1 aromatic heterocycles. The van der Waals surface area contributed by atoms with Crippen LogP contribution < -0.4 is 5.11 Å². The number of hydrogen-bond acceptors (Lipinski definition) is 5. The van der Waals surface area contributed by atoms with Gasteiger partial charge in [0, 0.05) is 0 Å². The van der Waals surface area contributed by atoms with Crippen molar-refractivity contribution in [2.45, 2.75) is 12.1 Å². The van der Waals surface area contributed by atoms with Gasteiger partial charge in [0.2, 0.25) is 0 Å². The molecule has 0 saturated heterocycles. The van der Waals surface area contributed by atoms with Crippen molar-refractivity contribution in [2.24, 2.45) is 0 Å². The predicted octanol–water partition coefficient (Wildman–Crippen LogP) is 0.605. The standard InChI is InChI=1S/C7H7ClN2O2S/c1-2-13-7-9-3-4(8)5(10-7)6(11)12/h3H,2H2,1H3,(H,11,12)/p-1. The highest BCUT2D eigenvalue weighted by Gasteiger charge is 2.05. The monoisotopic (exact) mass is 217 g/mol. The van der Waals surface area contributed by atoms with Crippen LogP contribution in [-0.4, -0.2) is 21.7 Å². The molecule has 4 nitrogen and oxygen atoms in total. The van der Waals surface area contributed by atoms with Gasteiger partial charge in [-0.1, -0.05) is 30.3 Å². The van der Waals surface area contributed by atoms with Crippen LogP contribution in [0.2, 0.25) is 5.02 Å². The minimum atomic E-state index is -1.38. The fraction of sp³-hybridized carbons (Fsp3) is 0.286. The lowest BCUT2D eigenvalue weighted by molar-refractivity contribution is -0.255. The van der Waals surface area contributed by atoms with Crippen molar-refractivity contribution in [1.29, 1.82) is 0 Å². The molecule has 0 spiro atoms. The summed E-state index contributed by atoms with van der Waals surface area (Å²) in [7, 11) is 0. The van der Waals surface area contributed by atoms with Gasteiger partial charge in [-0.2, -0.15) is 0 Å². The third-order valence-corrected chi connectivity index (χ3v) is 2.21. The number of carbonyl (C=O) groups is 1. The molecule has 0 amide bonds. The lowest BCUT2D eigenvalue weighted by Crippen LogP contribution is -2.24. The number of carboxylic acid groups (broad SMARTS) is 1. The van der Waals surface area contributed by atoms with Gasteiger partial charge < -0.3 is 9.90 Å². The number of carbonyl (C=O) groups excluding carboxylic acids is 1. The Hall–Kier alpha value is -0.810. The second-order valence-corrected chi connectivity index (χ2v) is 3.71. The molecule has 0 unspecified atom stereocenters. The molecule has 0 aliphatic carbocycles. The molecule has 0 bridgehead atoms. The zero-order valence-corrected chi connectivity index (χ0v) is 8.35. The Morgan fingerprint density at radius 2 is 2.46 bits per heavy atom. The number of thioether (sulfide) groups is 1. The molecular formula is C7H6ClN2O2S-. The Kier molecular flexibility index (Phi) is 3.50. The highest BCUT2D eigenvalue weighted by Crippen LogP contribution is 2.17. The molecule has 1 rings (SSSR count). The van der Waals surface area contributed by atoms with E-state index in [0.29, 0.717) is 5.16 Å². The highest BCUT2D eigenvalue weighted by atomic mass is 35.5. The van der Waals surface area contributed by atoms with E-state index in [0.717, 1.165) is 5.75 Å². The van der Waals surface area contributed by atoms with E-state index in [1.54, 1.807) is 0 Å². The van der Waals surface area contributed by atoms with E-state index >= 15 is 0 Å². The van der Waals surface area contributed by atoms with Crippen LogP contribution in [0.3, 0.4) is 0 Å². The van der Waals surface area contributed by atoms with E-state index in [-0.39, 0.29) is 10.7 Å². The molecule has 70 valence electrons. The molecule has 0 fully saturated rings. The van der Waals surface area contributed by atoms with E-state index in [1.165, 1.54) is 18.0 Å². The van der Waals surface area contributed by atoms with Crippen molar-refractivity contribution in [3.8, 4) is 0 Å². The van der Waals surface area contributed by atoms with Crippen molar-refractivity contribution in [1.82, 2.24) is 9.97 Å². The highest BCUT2D eigenvalue weighted by molar-refractivity contribution is 7.99. The van der Waals surface area contributed by atoms with E-state index in [2.05, 4.69) is 9.97 Å². The Morgan fingerprint density at radius 1 is 1.77 bits per heavy atom. The Bertz CT molecular complexity index is 332. The van der Waals surface area contributed by atoms with Crippen LogP contribution in [0, 0.1) is 0 Å². The summed E-state index contributed by atoms with van der Waals surface area (Å²) < 4.78 is 0. The molecule has 1 heterocycles. The van der Waals surface area contributed by atoms with Crippen LogP contribution in [0.5, 0.6) is 0 Å². The molecular weight excluding hydrogens is 212 g/mol. The molecule has 6 heteroatoms. The second-order valence-electron chi connectivity index (χ2n) is 2.07. The van der Waals surface area contributed by atoms with E-state index in [4.69, 9.17) is 11.6 Å². The third-order valence-electron chi connectivity index (χ3n) is 1.19. The first-order chi connectivity index (χ1) is 6.15. The van der Waals surface area contributed by atoms with Crippen LogP contribution in [-0.2, 0) is 0 Å². The first kappa shape index (κ1) is 10.3. The fourth-order valence-electron chi connectivity index (χ4n) is 0.693. The molecule has 0 radical (unpaired) electrons.